The van der Waals surface area contributed by atoms with E-state index in [4.69, 9.17) is 21.4 Å². The van der Waals surface area contributed by atoms with Crippen LogP contribution in [0.3, 0.4) is 0 Å². The Labute approximate surface area is 203 Å². The summed E-state index contributed by atoms with van der Waals surface area (Å²) in [5.41, 5.74) is 2.67. The molecule has 0 spiro atoms. The zero-order chi connectivity index (χ0) is 25.4. The largest absolute Gasteiger partial charge is 0.455 e. The van der Waals surface area contributed by atoms with Crippen LogP contribution in [0.15, 0.2) is 45.7 Å². The van der Waals surface area contributed by atoms with E-state index in [0.29, 0.717) is 11.3 Å². The molecule has 3 heterocycles. The van der Waals surface area contributed by atoms with Gasteiger partial charge in [-0.3, -0.25) is 20.9 Å². The van der Waals surface area contributed by atoms with Gasteiger partial charge in [0, 0.05) is 17.3 Å². The van der Waals surface area contributed by atoms with Gasteiger partial charge in [-0.2, -0.15) is 4.39 Å². The molecule has 4 aromatic rings. The Bertz CT molecular complexity index is 1520. The predicted molar refractivity (Wildman–Crippen MR) is 128 cm³/mol. The summed E-state index contributed by atoms with van der Waals surface area (Å²) in [6, 6.07) is 6.96. The number of hydrogen-bond donors (Lipinski definition) is 4. The van der Waals surface area contributed by atoms with Crippen LogP contribution in [0, 0.1) is 31.0 Å². The van der Waals surface area contributed by atoms with Gasteiger partial charge in [0.15, 0.2) is 11.3 Å². The summed E-state index contributed by atoms with van der Waals surface area (Å²) in [6.07, 6.45) is 0.986. The molecule has 0 saturated heterocycles. The lowest BCUT2D eigenvalue weighted by Crippen LogP contribution is -2.22. The van der Waals surface area contributed by atoms with Gasteiger partial charge in [-0.1, -0.05) is 17.7 Å². The van der Waals surface area contributed by atoms with Gasteiger partial charge in [0.25, 0.3) is 0 Å². The van der Waals surface area contributed by atoms with Crippen molar-refractivity contribution >= 4 is 34.1 Å². The zero-order valence-corrected chi connectivity index (χ0v) is 19.6. The van der Waals surface area contributed by atoms with Gasteiger partial charge in [0.2, 0.25) is 5.95 Å². The minimum absolute atomic E-state index is 0.0483. The van der Waals surface area contributed by atoms with Crippen molar-refractivity contribution in [3.63, 3.8) is 0 Å². The number of nitrogens with zero attached hydrogens (tertiary/aromatic N) is 2. The van der Waals surface area contributed by atoms with E-state index in [2.05, 4.69) is 15.3 Å². The van der Waals surface area contributed by atoms with Gasteiger partial charge in [0.1, 0.15) is 33.6 Å². The molecular weight excluding hydrogens is 480 g/mol. The van der Waals surface area contributed by atoms with Crippen molar-refractivity contribution in [3.05, 3.63) is 86.1 Å². The molecule has 1 atom stereocenters. The zero-order valence-electron chi connectivity index (χ0n) is 18.8. The summed E-state index contributed by atoms with van der Waals surface area (Å²) in [5.74, 6) is -2.64. The van der Waals surface area contributed by atoms with Crippen molar-refractivity contribution in [2.24, 2.45) is 0 Å². The monoisotopic (exact) mass is 499 g/mol. The summed E-state index contributed by atoms with van der Waals surface area (Å²) >= 11 is 5.94. The van der Waals surface area contributed by atoms with E-state index in [1.807, 2.05) is 0 Å². The Morgan fingerprint density at radius 3 is 2.66 bits per heavy atom. The molecule has 0 unspecified atom stereocenters. The fourth-order valence-corrected chi connectivity index (χ4v) is 4.00. The first kappa shape index (κ1) is 24.2. The molecule has 0 aliphatic rings. The second-order valence-electron chi connectivity index (χ2n) is 7.96. The normalized spacial score (nSPS) is 12.0. The van der Waals surface area contributed by atoms with Gasteiger partial charge in [-0.05, 0) is 50.6 Å². The molecule has 3 aromatic heterocycles. The number of benzene rings is 1. The number of pyridine rings is 2. The third-order valence-corrected chi connectivity index (χ3v) is 5.73. The number of aryl methyl sites for hydroxylation is 1. The van der Waals surface area contributed by atoms with Crippen LogP contribution in [0.5, 0.6) is 0 Å². The van der Waals surface area contributed by atoms with Crippen molar-refractivity contribution in [1.29, 1.82) is 5.41 Å². The third-order valence-electron chi connectivity index (χ3n) is 5.52. The second kappa shape index (κ2) is 9.40. The van der Waals surface area contributed by atoms with E-state index >= 15 is 0 Å². The van der Waals surface area contributed by atoms with E-state index in [1.54, 1.807) is 37.5 Å². The minimum atomic E-state index is -1.10. The highest BCUT2D eigenvalue weighted by Gasteiger charge is 2.24. The number of rotatable bonds is 5. The van der Waals surface area contributed by atoms with E-state index in [0.717, 1.165) is 17.8 Å². The van der Waals surface area contributed by atoms with Crippen LogP contribution in [0.25, 0.3) is 22.3 Å². The quantitative estimate of drug-likeness (QED) is 0.127. The van der Waals surface area contributed by atoms with E-state index in [-0.39, 0.29) is 39.0 Å². The number of fused-ring (bicyclic) bond motifs is 1. The number of amidine groups is 1. The average molecular weight is 500 g/mol. The van der Waals surface area contributed by atoms with E-state index < -0.39 is 28.8 Å². The maximum atomic E-state index is 14.5. The van der Waals surface area contributed by atoms with E-state index in [9.17, 15) is 18.8 Å². The minimum Gasteiger partial charge on any atom is -0.455 e. The highest BCUT2D eigenvalue weighted by atomic mass is 35.5. The molecule has 35 heavy (non-hydrogen) atoms. The lowest BCUT2D eigenvalue weighted by atomic mass is 9.99. The van der Waals surface area contributed by atoms with Crippen LogP contribution >= 0.6 is 11.6 Å². The van der Waals surface area contributed by atoms with E-state index in [1.165, 1.54) is 13.0 Å². The van der Waals surface area contributed by atoms with Crippen LogP contribution in [-0.4, -0.2) is 21.0 Å². The standard InChI is InChI=1S/C24H20ClF2N5O3/c1-10-8-13(12(3)30-16-4-5-17(25)31-19(16)24(28)32-34)22-14(9-10)20(33)11(2)21(35-22)18-15(26)6-7-29-23(18)27/h4-9,12,30,34H,1-3H3,(H2,28,32)/t12-/m1/s1. The van der Waals surface area contributed by atoms with Gasteiger partial charge >= 0.3 is 0 Å². The third kappa shape index (κ3) is 4.45. The number of aromatic nitrogens is 2. The van der Waals surface area contributed by atoms with Crippen molar-refractivity contribution in [2.75, 3.05) is 5.32 Å². The lowest BCUT2D eigenvalue weighted by Gasteiger charge is -2.20. The number of anilines is 1. The van der Waals surface area contributed by atoms with Crippen LogP contribution in [0.2, 0.25) is 5.15 Å². The van der Waals surface area contributed by atoms with Gasteiger partial charge in [-0.25, -0.2) is 14.4 Å². The molecule has 0 saturated carbocycles. The van der Waals surface area contributed by atoms with Crippen molar-refractivity contribution < 1.29 is 18.4 Å². The molecule has 0 bridgehead atoms. The molecule has 0 amide bonds. The summed E-state index contributed by atoms with van der Waals surface area (Å²) in [6.45, 7) is 5.02. The Hall–Kier alpha value is -3.89. The molecule has 180 valence electrons. The molecule has 4 rings (SSSR count). The van der Waals surface area contributed by atoms with Gasteiger partial charge in [0.05, 0.1) is 17.1 Å². The molecule has 11 heteroatoms. The molecule has 4 N–H and O–H groups in total. The Morgan fingerprint density at radius 1 is 1.23 bits per heavy atom. The second-order valence-corrected chi connectivity index (χ2v) is 8.34. The van der Waals surface area contributed by atoms with Crippen LogP contribution < -0.4 is 16.2 Å². The Balaban J connectivity index is 1.91. The summed E-state index contributed by atoms with van der Waals surface area (Å²) in [4.78, 5) is 20.8. The molecule has 1 aromatic carbocycles. The lowest BCUT2D eigenvalue weighted by molar-refractivity contribution is 0.234. The topological polar surface area (TPSA) is 124 Å². The number of hydrogen-bond acceptors (Lipinski definition) is 7. The highest BCUT2D eigenvalue weighted by molar-refractivity contribution is 6.29. The first-order chi connectivity index (χ1) is 16.6. The SMILES string of the molecule is Cc1cc([C@@H](C)Nc2ccc(Cl)nc2C(=N)NO)c2oc(-c3c(F)ccnc3F)c(C)c(=O)c2c1. The van der Waals surface area contributed by atoms with Crippen molar-refractivity contribution in [1.82, 2.24) is 15.4 Å². The number of nitrogens with one attached hydrogen (secondary N) is 3. The molecular formula is C24H20ClF2N5O3. The smallest absolute Gasteiger partial charge is 0.226 e. The summed E-state index contributed by atoms with van der Waals surface area (Å²) < 4.78 is 35.0. The molecule has 0 aliphatic carbocycles. The molecule has 8 nitrogen and oxygen atoms in total. The predicted octanol–water partition coefficient (Wildman–Crippen LogP) is 5.28. The fraction of sp³-hybridized carbons (Fsp3) is 0.167. The van der Waals surface area contributed by atoms with Crippen LogP contribution in [-0.2, 0) is 0 Å². The van der Waals surface area contributed by atoms with Crippen LogP contribution in [0.4, 0.5) is 14.5 Å². The maximum absolute atomic E-state index is 14.5. The fourth-order valence-electron chi connectivity index (χ4n) is 3.85. The number of hydroxylamine groups is 1. The highest BCUT2D eigenvalue weighted by Crippen LogP contribution is 2.34. The molecule has 0 radical (unpaired) electrons. The first-order valence-corrected chi connectivity index (χ1v) is 10.8. The Morgan fingerprint density at radius 2 is 1.97 bits per heavy atom. The Kier molecular flexibility index (Phi) is 6.51. The van der Waals surface area contributed by atoms with Crippen molar-refractivity contribution in [3.8, 4) is 11.3 Å². The van der Waals surface area contributed by atoms with Crippen LogP contribution in [0.1, 0.15) is 35.3 Å². The first-order valence-electron chi connectivity index (χ1n) is 10.4. The molecule has 0 aliphatic heterocycles. The summed E-state index contributed by atoms with van der Waals surface area (Å²) in [7, 11) is 0. The number of halogens is 3. The summed E-state index contributed by atoms with van der Waals surface area (Å²) in [5, 5.41) is 20.6. The van der Waals surface area contributed by atoms with Gasteiger partial charge < -0.3 is 9.73 Å². The average Bonchev–Trinajstić information content (AvgIpc) is 2.82. The maximum Gasteiger partial charge on any atom is 0.226 e. The molecule has 0 fully saturated rings. The van der Waals surface area contributed by atoms with Gasteiger partial charge in [-0.15, -0.1) is 0 Å². The van der Waals surface area contributed by atoms with Crippen molar-refractivity contribution in [2.45, 2.75) is 26.8 Å².